The molecular weight excluding hydrogens is 360 g/mol. The van der Waals surface area contributed by atoms with Gasteiger partial charge in [-0.1, -0.05) is 26.7 Å². The van der Waals surface area contributed by atoms with Crippen molar-refractivity contribution in [2.75, 3.05) is 13.2 Å². The lowest BCUT2D eigenvalue weighted by molar-refractivity contribution is -0.126. The Kier molecular flexibility index (Phi) is 7.28. The predicted octanol–water partition coefficient (Wildman–Crippen LogP) is 1.72. The maximum absolute atomic E-state index is 12.6. The van der Waals surface area contributed by atoms with E-state index in [4.69, 9.17) is 9.47 Å². The van der Waals surface area contributed by atoms with E-state index in [0.717, 1.165) is 51.4 Å². The van der Waals surface area contributed by atoms with Crippen LogP contribution in [0, 0.1) is 0 Å². The van der Waals surface area contributed by atoms with E-state index in [0.29, 0.717) is 25.0 Å². The highest BCUT2D eigenvalue weighted by molar-refractivity contribution is 5.90. The van der Waals surface area contributed by atoms with Crippen LogP contribution in [-0.2, 0) is 19.1 Å². The van der Waals surface area contributed by atoms with Crippen LogP contribution in [-0.4, -0.2) is 61.0 Å². The first-order valence-corrected chi connectivity index (χ1v) is 10.6. The van der Waals surface area contributed by atoms with Crippen molar-refractivity contribution >= 4 is 23.6 Å². The zero-order valence-electron chi connectivity index (χ0n) is 16.9. The summed E-state index contributed by atoms with van der Waals surface area (Å²) in [5, 5.41) is 6.18. The van der Waals surface area contributed by atoms with Crippen molar-refractivity contribution in [2.24, 2.45) is 9.98 Å². The van der Waals surface area contributed by atoms with Gasteiger partial charge in [0.2, 0.25) is 11.8 Å². The van der Waals surface area contributed by atoms with Crippen molar-refractivity contribution in [3.05, 3.63) is 0 Å². The molecule has 0 radical (unpaired) electrons. The highest BCUT2D eigenvalue weighted by Crippen LogP contribution is 2.20. The topological polar surface area (TPSA) is 101 Å². The maximum Gasteiger partial charge on any atom is 0.248 e. The largest absolute Gasteiger partial charge is 0.478 e. The van der Waals surface area contributed by atoms with Gasteiger partial charge in [0.1, 0.15) is 13.2 Å². The predicted molar refractivity (Wildman–Crippen MR) is 106 cm³/mol. The molecule has 4 atom stereocenters. The van der Waals surface area contributed by atoms with Gasteiger partial charge in [-0.3, -0.25) is 9.59 Å². The van der Waals surface area contributed by atoms with Crippen LogP contribution >= 0.6 is 0 Å². The first-order valence-electron chi connectivity index (χ1n) is 10.6. The van der Waals surface area contributed by atoms with Gasteiger partial charge in [0, 0.05) is 24.9 Å². The summed E-state index contributed by atoms with van der Waals surface area (Å²) in [6, 6.07) is -1.14. The minimum absolute atomic E-state index is 0.0861. The molecule has 0 aromatic rings. The number of amides is 2. The van der Waals surface area contributed by atoms with Gasteiger partial charge in [-0.05, 0) is 25.7 Å². The van der Waals surface area contributed by atoms with Crippen LogP contribution in [0.4, 0.5) is 0 Å². The van der Waals surface area contributed by atoms with Crippen molar-refractivity contribution in [2.45, 2.75) is 89.4 Å². The molecule has 3 aliphatic rings. The van der Waals surface area contributed by atoms with Crippen LogP contribution in [0.5, 0.6) is 0 Å². The Hall–Kier alpha value is -2.12. The minimum atomic E-state index is -0.482. The summed E-state index contributed by atoms with van der Waals surface area (Å²) in [5.41, 5.74) is 0. The highest BCUT2D eigenvalue weighted by Gasteiger charge is 2.34. The lowest BCUT2D eigenvalue weighted by Gasteiger charge is -2.33. The molecule has 28 heavy (non-hydrogen) atoms. The molecule has 0 aromatic heterocycles. The molecule has 156 valence electrons. The molecule has 2 amide bonds. The average molecular weight is 393 g/mol. The van der Waals surface area contributed by atoms with E-state index < -0.39 is 12.1 Å². The second-order valence-electron chi connectivity index (χ2n) is 7.71. The lowest BCUT2D eigenvalue weighted by atomic mass is 9.89. The fraction of sp³-hybridized carbons (Fsp3) is 0.800. The number of carbonyl (C=O) groups is 2. The van der Waals surface area contributed by atoms with Gasteiger partial charge in [-0.25, -0.2) is 9.98 Å². The Bertz CT molecular complexity index is 580. The van der Waals surface area contributed by atoms with Crippen LogP contribution in [0.2, 0.25) is 0 Å². The molecule has 1 fully saturated rings. The molecule has 0 saturated heterocycles. The summed E-state index contributed by atoms with van der Waals surface area (Å²) in [5.74, 6) is 1.09. The zero-order chi connectivity index (χ0) is 19.9. The van der Waals surface area contributed by atoms with E-state index >= 15 is 0 Å². The maximum atomic E-state index is 12.6. The van der Waals surface area contributed by atoms with E-state index in [1.165, 1.54) is 0 Å². The molecule has 8 nitrogen and oxygen atoms in total. The molecule has 3 rings (SSSR count). The third kappa shape index (κ3) is 5.23. The monoisotopic (exact) mass is 392 g/mol. The van der Waals surface area contributed by atoms with Gasteiger partial charge in [0.05, 0.1) is 0 Å². The van der Waals surface area contributed by atoms with E-state index in [1.807, 2.05) is 0 Å². The summed E-state index contributed by atoms with van der Waals surface area (Å²) < 4.78 is 11.0. The summed E-state index contributed by atoms with van der Waals surface area (Å²) in [7, 11) is 0. The number of rotatable bonds is 8. The van der Waals surface area contributed by atoms with Crippen LogP contribution in [0.1, 0.15) is 65.2 Å². The van der Waals surface area contributed by atoms with Gasteiger partial charge < -0.3 is 20.1 Å². The zero-order valence-corrected chi connectivity index (χ0v) is 16.9. The second-order valence-corrected chi connectivity index (χ2v) is 7.71. The van der Waals surface area contributed by atoms with Crippen LogP contribution < -0.4 is 10.6 Å². The quantitative estimate of drug-likeness (QED) is 0.657. The number of hydrogen-bond acceptors (Lipinski definition) is 6. The van der Waals surface area contributed by atoms with Crippen LogP contribution in [0.25, 0.3) is 0 Å². The number of nitrogens with one attached hydrogen (secondary N) is 2. The summed E-state index contributed by atoms with van der Waals surface area (Å²) in [4.78, 5) is 34.0. The van der Waals surface area contributed by atoms with E-state index in [9.17, 15) is 9.59 Å². The molecule has 0 aromatic carbocycles. The number of hydrogen-bond donors (Lipinski definition) is 2. The van der Waals surface area contributed by atoms with Gasteiger partial charge in [-0.2, -0.15) is 0 Å². The number of nitrogens with zero attached hydrogens (tertiary/aromatic N) is 2. The Balaban J connectivity index is 1.54. The molecule has 0 unspecified atom stereocenters. The summed E-state index contributed by atoms with van der Waals surface area (Å²) in [6.07, 6.45) is 7.17. The van der Waals surface area contributed by atoms with E-state index in [-0.39, 0.29) is 23.9 Å². The molecular formula is C20H32N4O4. The van der Waals surface area contributed by atoms with E-state index in [2.05, 4.69) is 34.5 Å². The Labute approximate surface area is 166 Å². The molecule has 2 heterocycles. The van der Waals surface area contributed by atoms with Crippen molar-refractivity contribution in [3.8, 4) is 0 Å². The van der Waals surface area contributed by atoms with Gasteiger partial charge in [0.25, 0.3) is 0 Å². The van der Waals surface area contributed by atoms with Gasteiger partial charge >= 0.3 is 0 Å². The molecule has 8 heteroatoms. The van der Waals surface area contributed by atoms with Crippen molar-refractivity contribution < 1.29 is 19.1 Å². The molecule has 1 aliphatic carbocycles. The van der Waals surface area contributed by atoms with Crippen molar-refractivity contribution in [1.82, 2.24) is 10.6 Å². The molecule has 1 saturated carbocycles. The molecule has 0 bridgehead atoms. The Morgan fingerprint density at radius 1 is 0.857 bits per heavy atom. The Morgan fingerprint density at radius 3 is 1.68 bits per heavy atom. The normalized spacial score (nSPS) is 29.4. The SMILES string of the molecule is CCCC1=N[C@H](C(=O)N[C@@H]2CCCC[C@H]2NC(=O)[C@@H]2COC(CCC)=N2)CO1. The molecule has 0 spiro atoms. The van der Waals surface area contributed by atoms with Gasteiger partial charge in [0.15, 0.2) is 23.9 Å². The smallest absolute Gasteiger partial charge is 0.248 e. The summed E-state index contributed by atoms with van der Waals surface area (Å²) in [6.45, 7) is 4.72. The third-order valence-corrected chi connectivity index (χ3v) is 5.37. The first kappa shape index (κ1) is 20.6. The molecule has 2 aliphatic heterocycles. The first-order chi connectivity index (χ1) is 13.6. The third-order valence-electron chi connectivity index (χ3n) is 5.37. The Morgan fingerprint density at radius 2 is 1.29 bits per heavy atom. The fourth-order valence-electron chi connectivity index (χ4n) is 3.85. The van der Waals surface area contributed by atoms with Crippen molar-refractivity contribution in [3.63, 3.8) is 0 Å². The lowest BCUT2D eigenvalue weighted by Crippen LogP contribution is -2.56. The fourth-order valence-corrected chi connectivity index (χ4v) is 3.85. The molecule has 2 N–H and O–H groups in total. The second kappa shape index (κ2) is 9.89. The number of ether oxygens (including phenoxy) is 2. The van der Waals surface area contributed by atoms with Crippen molar-refractivity contribution in [1.29, 1.82) is 0 Å². The van der Waals surface area contributed by atoms with Gasteiger partial charge in [-0.15, -0.1) is 0 Å². The van der Waals surface area contributed by atoms with E-state index in [1.54, 1.807) is 0 Å². The van der Waals surface area contributed by atoms with Crippen LogP contribution in [0.15, 0.2) is 9.98 Å². The minimum Gasteiger partial charge on any atom is -0.478 e. The summed E-state index contributed by atoms with van der Waals surface area (Å²) >= 11 is 0. The average Bonchev–Trinajstić information content (AvgIpc) is 3.34. The highest BCUT2D eigenvalue weighted by atomic mass is 16.5. The standard InChI is InChI=1S/C20H32N4O4/c1-3-7-17-21-15(11-27-17)19(25)23-13-9-5-6-10-14(13)24-20(26)16-12-28-18(22-16)8-4-2/h13-16H,3-12H2,1-2H3,(H,23,25)(H,24,26)/t13-,14-,15+,16+/m1/s1. The number of carbonyl (C=O) groups excluding carboxylic acids is 2. The number of aliphatic imine (C=N–C) groups is 2. The van der Waals surface area contributed by atoms with Crippen LogP contribution in [0.3, 0.4) is 0 Å².